The first-order valence-corrected chi connectivity index (χ1v) is 13.9. The minimum atomic E-state index is -3.04. The standard InChI is InChI=1S/C23H31N3O3S2/c1-17-8-9-18(2)21(14-17)25-12-11-24-23(25)30-15-22(27)26(19-6-4-3-5-7-19)20-10-13-31(28,29)16-20/h8-9,11-12,14,19-20H,3-7,10,13,15-16H2,1-2H3. The molecular weight excluding hydrogens is 430 g/mol. The van der Waals surface area contributed by atoms with Gasteiger partial charge in [-0.3, -0.25) is 9.36 Å². The van der Waals surface area contributed by atoms with E-state index >= 15 is 0 Å². The van der Waals surface area contributed by atoms with Crippen LogP contribution >= 0.6 is 11.8 Å². The van der Waals surface area contributed by atoms with Crippen molar-refractivity contribution in [2.24, 2.45) is 0 Å². The second kappa shape index (κ2) is 9.36. The lowest BCUT2D eigenvalue weighted by Gasteiger charge is -2.38. The van der Waals surface area contributed by atoms with Gasteiger partial charge in [0.15, 0.2) is 15.0 Å². The molecule has 0 N–H and O–H groups in total. The molecule has 1 aliphatic carbocycles. The molecule has 1 saturated heterocycles. The second-order valence-electron chi connectivity index (χ2n) is 8.81. The van der Waals surface area contributed by atoms with Crippen LogP contribution in [0.1, 0.15) is 49.7 Å². The van der Waals surface area contributed by atoms with Crippen LogP contribution in [0.2, 0.25) is 0 Å². The van der Waals surface area contributed by atoms with Crippen molar-refractivity contribution in [3.8, 4) is 5.69 Å². The fraction of sp³-hybridized carbons (Fsp3) is 0.565. The van der Waals surface area contributed by atoms with E-state index in [1.165, 1.54) is 23.7 Å². The molecule has 6 nitrogen and oxygen atoms in total. The van der Waals surface area contributed by atoms with Crippen LogP contribution in [0.15, 0.2) is 35.7 Å². The summed E-state index contributed by atoms with van der Waals surface area (Å²) in [4.78, 5) is 19.8. The largest absolute Gasteiger partial charge is 0.335 e. The fourth-order valence-electron chi connectivity index (χ4n) is 4.82. The molecule has 2 heterocycles. The number of aryl methyl sites for hydroxylation is 2. The van der Waals surface area contributed by atoms with E-state index < -0.39 is 9.84 Å². The first-order chi connectivity index (χ1) is 14.8. The Morgan fingerprint density at radius 1 is 1.16 bits per heavy atom. The van der Waals surface area contributed by atoms with Gasteiger partial charge < -0.3 is 4.90 Å². The maximum absolute atomic E-state index is 13.4. The van der Waals surface area contributed by atoms with E-state index in [4.69, 9.17) is 0 Å². The zero-order chi connectivity index (χ0) is 22.0. The minimum absolute atomic E-state index is 0.0366. The summed E-state index contributed by atoms with van der Waals surface area (Å²) >= 11 is 1.43. The number of thioether (sulfide) groups is 1. The SMILES string of the molecule is Cc1ccc(C)c(-n2ccnc2SCC(=O)N(C2CCCCC2)C2CCS(=O)(=O)C2)c1. The number of carbonyl (C=O) groups excluding carboxylic acids is 1. The predicted molar refractivity (Wildman–Crippen MR) is 125 cm³/mol. The number of nitrogens with zero attached hydrogens (tertiary/aromatic N) is 3. The number of hydrogen-bond donors (Lipinski definition) is 0. The summed E-state index contributed by atoms with van der Waals surface area (Å²) in [5.74, 6) is 0.610. The summed E-state index contributed by atoms with van der Waals surface area (Å²) in [6.07, 6.45) is 9.62. The molecule has 1 amide bonds. The molecule has 1 aromatic carbocycles. The topological polar surface area (TPSA) is 72.3 Å². The van der Waals surface area contributed by atoms with Gasteiger partial charge in [-0.15, -0.1) is 0 Å². The molecule has 1 aromatic heterocycles. The van der Waals surface area contributed by atoms with Gasteiger partial charge in [-0.25, -0.2) is 13.4 Å². The molecule has 1 aliphatic heterocycles. The Kier molecular flexibility index (Phi) is 6.77. The lowest BCUT2D eigenvalue weighted by atomic mass is 9.93. The molecule has 1 saturated carbocycles. The van der Waals surface area contributed by atoms with Crippen molar-refractivity contribution < 1.29 is 13.2 Å². The van der Waals surface area contributed by atoms with Crippen molar-refractivity contribution in [1.82, 2.24) is 14.5 Å². The summed E-state index contributed by atoms with van der Waals surface area (Å²) in [5, 5.41) is 0.782. The molecule has 2 aromatic rings. The lowest BCUT2D eigenvalue weighted by Crippen LogP contribution is -2.49. The molecule has 2 aliphatic rings. The van der Waals surface area contributed by atoms with E-state index in [0.29, 0.717) is 6.42 Å². The van der Waals surface area contributed by atoms with E-state index in [1.54, 1.807) is 6.20 Å². The van der Waals surface area contributed by atoms with Gasteiger partial charge in [-0.05, 0) is 50.3 Å². The van der Waals surface area contributed by atoms with Gasteiger partial charge in [0, 0.05) is 24.5 Å². The molecule has 0 bridgehead atoms. The summed E-state index contributed by atoms with van der Waals surface area (Å²) < 4.78 is 26.2. The monoisotopic (exact) mass is 461 g/mol. The van der Waals surface area contributed by atoms with Gasteiger partial charge in [0.05, 0.1) is 22.9 Å². The average Bonchev–Trinajstić information content (AvgIpc) is 3.35. The van der Waals surface area contributed by atoms with Crippen molar-refractivity contribution in [3.63, 3.8) is 0 Å². The number of aromatic nitrogens is 2. The van der Waals surface area contributed by atoms with Gasteiger partial charge in [0.1, 0.15) is 0 Å². The molecule has 4 rings (SSSR count). The van der Waals surface area contributed by atoms with Gasteiger partial charge in [0.25, 0.3) is 0 Å². The second-order valence-corrected chi connectivity index (χ2v) is 12.0. The molecule has 31 heavy (non-hydrogen) atoms. The number of benzene rings is 1. The van der Waals surface area contributed by atoms with Gasteiger partial charge in [-0.2, -0.15) is 0 Å². The highest BCUT2D eigenvalue weighted by Crippen LogP contribution is 2.30. The van der Waals surface area contributed by atoms with Gasteiger partial charge in [-0.1, -0.05) is 43.2 Å². The van der Waals surface area contributed by atoms with Crippen LogP contribution in [0.3, 0.4) is 0 Å². The predicted octanol–water partition coefficient (Wildman–Crippen LogP) is 3.93. The average molecular weight is 462 g/mol. The number of amides is 1. The van der Waals surface area contributed by atoms with Crippen LogP contribution < -0.4 is 0 Å². The summed E-state index contributed by atoms with van der Waals surface area (Å²) in [7, 11) is -3.04. The fourth-order valence-corrected chi connectivity index (χ4v) is 7.37. The van der Waals surface area contributed by atoms with Crippen LogP contribution in [-0.2, 0) is 14.6 Å². The smallest absolute Gasteiger partial charge is 0.233 e. The lowest BCUT2D eigenvalue weighted by molar-refractivity contribution is -0.133. The molecule has 168 valence electrons. The Morgan fingerprint density at radius 2 is 1.94 bits per heavy atom. The van der Waals surface area contributed by atoms with Crippen molar-refractivity contribution >= 4 is 27.5 Å². The van der Waals surface area contributed by atoms with E-state index in [2.05, 4.69) is 37.0 Å². The summed E-state index contributed by atoms with van der Waals surface area (Å²) in [6, 6.07) is 6.29. The van der Waals surface area contributed by atoms with Gasteiger partial charge >= 0.3 is 0 Å². The zero-order valence-corrected chi connectivity index (χ0v) is 19.9. The van der Waals surface area contributed by atoms with Crippen molar-refractivity contribution in [1.29, 1.82) is 0 Å². The number of carbonyl (C=O) groups is 1. The van der Waals surface area contributed by atoms with E-state index in [0.717, 1.165) is 42.1 Å². The Bertz CT molecular complexity index is 1040. The Labute approximate surface area is 189 Å². The highest BCUT2D eigenvalue weighted by molar-refractivity contribution is 7.99. The maximum Gasteiger partial charge on any atom is 0.233 e. The Hall–Kier alpha value is -1.80. The third kappa shape index (κ3) is 5.17. The number of rotatable bonds is 6. The first-order valence-electron chi connectivity index (χ1n) is 11.1. The van der Waals surface area contributed by atoms with Gasteiger partial charge in [0.2, 0.25) is 5.91 Å². The van der Waals surface area contributed by atoms with Crippen molar-refractivity contribution in [2.45, 2.75) is 69.6 Å². The Balaban J connectivity index is 1.51. The molecule has 0 radical (unpaired) electrons. The van der Waals surface area contributed by atoms with E-state index in [-0.39, 0.29) is 35.2 Å². The number of hydrogen-bond acceptors (Lipinski definition) is 5. The summed E-state index contributed by atoms with van der Waals surface area (Å²) in [6.45, 7) is 4.13. The number of sulfone groups is 1. The minimum Gasteiger partial charge on any atom is -0.335 e. The highest BCUT2D eigenvalue weighted by atomic mass is 32.2. The van der Waals surface area contributed by atoms with Crippen LogP contribution in [0.4, 0.5) is 0 Å². The summed E-state index contributed by atoms with van der Waals surface area (Å²) in [5.41, 5.74) is 3.39. The maximum atomic E-state index is 13.4. The van der Waals surface area contributed by atoms with Crippen molar-refractivity contribution in [3.05, 3.63) is 41.7 Å². The normalized spacial score (nSPS) is 21.3. The molecule has 8 heteroatoms. The van der Waals surface area contributed by atoms with Crippen molar-refractivity contribution in [2.75, 3.05) is 17.3 Å². The molecule has 1 atom stereocenters. The van der Waals surface area contributed by atoms with Crippen LogP contribution in [0.25, 0.3) is 5.69 Å². The number of imidazole rings is 1. The molecular formula is C23H31N3O3S2. The first kappa shape index (κ1) is 22.4. The third-order valence-electron chi connectivity index (χ3n) is 6.41. The third-order valence-corrected chi connectivity index (χ3v) is 9.12. The molecule has 1 unspecified atom stereocenters. The Morgan fingerprint density at radius 3 is 2.65 bits per heavy atom. The molecule has 0 spiro atoms. The van der Waals surface area contributed by atoms with Crippen LogP contribution in [0.5, 0.6) is 0 Å². The van der Waals surface area contributed by atoms with Crippen LogP contribution in [-0.4, -0.2) is 58.1 Å². The molecule has 2 fully saturated rings. The highest BCUT2D eigenvalue weighted by Gasteiger charge is 2.38. The van der Waals surface area contributed by atoms with E-state index in [9.17, 15) is 13.2 Å². The quantitative estimate of drug-likeness (QED) is 0.610. The van der Waals surface area contributed by atoms with Crippen LogP contribution in [0, 0.1) is 13.8 Å². The zero-order valence-electron chi connectivity index (χ0n) is 18.3. The van der Waals surface area contributed by atoms with E-state index in [1.807, 2.05) is 15.7 Å².